The van der Waals surface area contributed by atoms with Crippen LogP contribution in [0.2, 0.25) is 0 Å². The van der Waals surface area contributed by atoms with Gasteiger partial charge in [-0.25, -0.2) is 0 Å². The highest BCUT2D eigenvalue weighted by Crippen LogP contribution is 2.29. The topological polar surface area (TPSA) is 26.3 Å². The van der Waals surface area contributed by atoms with Crippen molar-refractivity contribution < 1.29 is 9.53 Å². The average Bonchev–Trinajstić information content (AvgIpc) is 2.38. The van der Waals surface area contributed by atoms with Crippen LogP contribution in [0.15, 0.2) is 18.2 Å². The molecule has 0 atom stereocenters. The van der Waals surface area contributed by atoms with Crippen LogP contribution < -0.4 is 4.74 Å². The van der Waals surface area contributed by atoms with Crippen molar-refractivity contribution in [3.8, 4) is 5.75 Å². The molecule has 3 heteroatoms. The van der Waals surface area contributed by atoms with E-state index in [9.17, 15) is 4.79 Å². The molecule has 0 fully saturated rings. The van der Waals surface area contributed by atoms with Gasteiger partial charge in [-0.15, -0.1) is 0 Å². The van der Waals surface area contributed by atoms with Crippen LogP contribution in [0.25, 0.3) is 0 Å². The second-order valence-electron chi connectivity index (χ2n) is 4.22. The van der Waals surface area contributed by atoms with Gasteiger partial charge in [-0.1, -0.05) is 19.1 Å². The number of para-hydroxylation sites is 1. The van der Waals surface area contributed by atoms with Crippen molar-refractivity contribution in [2.75, 3.05) is 18.1 Å². The molecule has 1 aromatic carbocycles. The summed E-state index contributed by atoms with van der Waals surface area (Å²) in [6.07, 6.45) is 3.19. The summed E-state index contributed by atoms with van der Waals surface area (Å²) in [4.78, 5) is 12.1. The SMILES string of the molecule is CCCSCC(=O)c1cccc2c1OCCC2. The number of fused-ring (bicyclic) bond motifs is 1. The van der Waals surface area contributed by atoms with Gasteiger partial charge < -0.3 is 4.74 Å². The van der Waals surface area contributed by atoms with Crippen LogP contribution >= 0.6 is 11.8 Å². The number of hydrogen-bond donors (Lipinski definition) is 0. The van der Waals surface area contributed by atoms with Crippen molar-refractivity contribution in [3.63, 3.8) is 0 Å². The highest BCUT2D eigenvalue weighted by Gasteiger charge is 2.18. The quantitative estimate of drug-likeness (QED) is 0.592. The maximum absolute atomic E-state index is 12.1. The first-order chi connectivity index (χ1) is 8.33. The van der Waals surface area contributed by atoms with Crippen molar-refractivity contribution in [2.45, 2.75) is 26.2 Å². The van der Waals surface area contributed by atoms with Gasteiger partial charge in [-0.2, -0.15) is 11.8 Å². The Morgan fingerprint density at radius 2 is 2.35 bits per heavy atom. The lowest BCUT2D eigenvalue weighted by Gasteiger charge is -2.19. The number of benzene rings is 1. The summed E-state index contributed by atoms with van der Waals surface area (Å²) in [5.74, 6) is 2.64. The van der Waals surface area contributed by atoms with Gasteiger partial charge in [0.1, 0.15) is 5.75 Å². The van der Waals surface area contributed by atoms with Crippen molar-refractivity contribution >= 4 is 17.5 Å². The molecule has 92 valence electrons. The number of thioether (sulfide) groups is 1. The molecule has 2 rings (SSSR count). The van der Waals surface area contributed by atoms with E-state index in [1.165, 1.54) is 5.56 Å². The molecule has 17 heavy (non-hydrogen) atoms. The summed E-state index contributed by atoms with van der Waals surface area (Å²) in [6, 6.07) is 5.91. The molecule has 1 aliphatic heterocycles. The minimum Gasteiger partial charge on any atom is -0.493 e. The van der Waals surface area contributed by atoms with Gasteiger partial charge in [-0.3, -0.25) is 4.79 Å². The van der Waals surface area contributed by atoms with Gasteiger partial charge in [0, 0.05) is 0 Å². The minimum atomic E-state index is 0.196. The third-order valence-corrected chi connectivity index (χ3v) is 3.98. The van der Waals surface area contributed by atoms with Crippen molar-refractivity contribution in [1.29, 1.82) is 0 Å². The van der Waals surface area contributed by atoms with Gasteiger partial charge in [0.25, 0.3) is 0 Å². The number of carbonyl (C=O) groups is 1. The third-order valence-electron chi connectivity index (χ3n) is 2.82. The maximum Gasteiger partial charge on any atom is 0.176 e. The summed E-state index contributed by atoms with van der Waals surface area (Å²) in [7, 11) is 0. The largest absolute Gasteiger partial charge is 0.493 e. The summed E-state index contributed by atoms with van der Waals surface area (Å²) < 4.78 is 5.65. The Balaban J connectivity index is 2.12. The van der Waals surface area contributed by atoms with Crippen LogP contribution in [0.5, 0.6) is 5.75 Å². The van der Waals surface area contributed by atoms with Gasteiger partial charge in [-0.05, 0) is 36.6 Å². The fourth-order valence-corrected chi connectivity index (χ4v) is 2.77. The summed E-state index contributed by atoms with van der Waals surface area (Å²) in [6.45, 7) is 2.87. The van der Waals surface area contributed by atoms with Crippen LogP contribution in [-0.4, -0.2) is 23.9 Å². The Labute approximate surface area is 107 Å². The number of Topliss-reactive ketones (excluding diaryl/α,β-unsaturated/α-hetero) is 1. The Kier molecular flexibility index (Phi) is 4.49. The average molecular weight is 250 g/mol. The van der Waals surface area contributed by atoms with E-state index >= 15 is 0 Å². The molecule has 1 aromatic rings. The van der Waals surface area contributed by atoms with Gasteiger partial charge in [0.15, 0.2) is 5.78 Å². The van der Waals surface area contributed by atoms with Crippen LogP contribution in [-0.2, 0) is 6.42 Å². The number of rotatable bonds is 5. The summed E-state index contributed by atoms with van der Waals surface area (Å²) in [5.41, 5.74) is 1.95. The minimum absolute atomic E-state index is 0.196. The fourth-order valence-electron chi connectivity index (χ4n) is 2.00. The number of ketones is 1. The second-order valence-corrected chi connectivity index (χ2v) is 5.33. The zero-order valence-corrected chi connectivity index (χ0v) is 11.0. The monoisotopic (exact) mass is 250 g/mol. The molecule has 0 aliphatic carbocycles. The first-order valence-corrected chi connectivity index (χ1v) is 7.34. The van der Waals surface area contributed by atoms with Crippen LogP contribution in [0.4, 0.5) is 0 Å². The first-order valence-electron chi connectivity index (χ1n) is 6.18. The Bertz CT molecular complexity index is 401. The second kappa shape index (κ2) is 6.10. The van der Waals surface area contributed by atoms with E-state index in [-0.39, 0.29) is 5.78 Å². The van der Waals surface area contributed by atoms with Crippen molar-refractivity contribution in [1.82, 2.24) is 0 Å². The zero-order valence-electron chi connectivity index (χ0n) is 10.2. The van der Waals surface area contributed by atoms with E-state index in [0.29, 0.717) is 5.75 Å². The predicted molar refractivity (Wildman–Crippen MR) is 72.2 cm³/mol. The molecule has 1 aliphatic rings. The maximum atomic E-state index is 12.1. The van der Waals surface area contributed by atoms with E-state index in [1.54, 1.807) is 11.8 Å². The molecule has 0 bridgehead atoms. The van der Waals surface area contributed by atoms with Crippen LogP contribution in [0, 0.1) is 0 Å². The highest BCUT2D eigenvalue weighted by atomic mass is 32.2. The van der Waals surface area contributed by atoms with E-state index in [2.05, 4.69) is 13.0 Å². The molecule has 0 N–H and O–H groups in total. The smallest absolute Gasteiger partial charge is 0.176 e. The predicted octanol–water partition coefficient (Wildman–Crippen LogP) is 3.34. The molecular weight excluding hydrogens is 232 g/mol. The van der Waals surface area contributed by atoms with Crippen molar-refractivity contribution in [3.05, 3.63) is 29.3 Å². The molecule has 2 nitrogen and oxygen atoms in total. The number of hydrogen-bond acceptors (Lipinski definition) is 3. The molecule has 0 saturated heterocycles. The normalized spacial score (nSPS) is 13.9. The molecule has 0 radical (unpaired) electrons. The van der Waals surface area contributed by atoms with Crippen LogP contribution in [0.3, 0.4) is 0 Å². The fraction of sp³-hybridized carbons (Fsp3) is 0.500. The lowest BCUT2D eigenvalue weighted by Crippen LogP contribution is -2.13. The third kappa shape index (κ3) is 3.03. The molecule has 0 spiro atoms. The van der Waals surface area contributed by atoms with E-state index in [1.807, 2.05) is 12.1 Å². The Hall–Kier alpha value is -0.960. The van der Waals surface area contributed by atoms with E-state index in [4.69, 9.17) is 4.74 Å². The molecule has 0 unspecified atom stereocenters. The highest BCUT2D eigenvalue weighted by molar-refractivity contribution is 7.99. The van der Waals surface area contributed by atoms with E-state index in [0.717, 1.165) is 42.9 Å². The summed E-state index contributed by atoms with van der Waals surface area (Å²) >= 11 is 1.70. The summed E-state index contributed by atoms with van der Waals surface area (Å²) in [5, 5.41) is 0. The Morgan fingerprint density at radius 1 is 1.47 bits per heavy atom. The number of ether oxygens (including phenoxy) is 1. The molecule has 0 amide bonds. The van der Waals surface area contributed by atoms with Crippen LogP contribution in [0.1, 0.15) is 35.7 Å². The zero-order chi connectivity index (χ0) is 12.1. The lowest BCUT2D eigenvalue weighted by atomic mass is 10.0. The van der Waals surface area contributed by atoms with Gasteiger partial charge in [0.2, 0.25) is 0 Å². The standard InChI is InChI=1S/C14H18O2S/c1-2-9-17-10-13(15)12-7-3-5-11-6-4-8-16-14(11)12/h3,5,7H,2,4,6,8-10H2,1H3. The Morgan fingerprint density at radius 3 is 3.18 bits per heavy atom. The van der Waals surface area contributed by atoms with Crippen molar-refractivity contribution in [2.24, 2.45) is 0 Å². The molecular formula is C14H18O2S. The van der Waals surface area contributed by atoms with Gasteiger partial charge in [0.05, 0.1) is 17.9 Å². The number of carbonyl (C=O) groups excluding carboxylic acids is 1. The first kappa shape index (κ1) is 12.5. The molecule has 1 heterocycles. The molecule has 0 aromatic heterocycles. The number of aryl methyl sites for hydroxylation is 1. The lowest BCUT2D eigenvalue weighted by molar-refractivity contribution is 0.101. The van der Waals surface area contributed by atoms with Gasteiger partial charge >= 0.3 is 0 Å². The van der Waals surface area contributed by atoms with E-state index < -0.39 is 0 Å². The molecule has 0 saturated carbocycles.